The van der Waals surface area contributed by atoms with E-state index in [0.717, 1.165) is 12.8 Å². The zero-order valence-corrected chi connectivity index (χ0v) is 16.2. The second-order valence-corrected chi connectivity index (χ2v) is 7.91. The molecule has 1 amide bonds. The topological polar surface area (TPSA) is 81.7 Å². The number of ether oxygens (including phenoxy) is 2. The van der Waals surface area contributed by atoms with Crippen LogP contribution in [0.25, 0.3) is 0 Å². The SMILES string of the molecule is CCCCC(=O)CC[C@H](NC(=O)OC(C)(C)C)C(=O)OC(C)(C)C. The summed E-state index contributed by atoms with van der Waals surface area (Å²) in [6, 6.07) is -0.898. The minimum Gasteiger partial charge on any atom is -0.458 e. The maximum Gasteiger partial charge on any atom is 0.408 e. The lowest BCUT2D eigenvalue weighted by Crippen LogP contribution is -2.46. The van der Waals surface area contributed by atoms with Gasteiger partial charge in [0.1, 0.15) is 23.0 Å². The Morgan fingerprint density at radius 1 is 0.917 bits per heavy atom. The third-order valence-electron chi connectivity index (χ3n) is 2.90. The van der Waals surface area contributed by atoms with Gasteiger partial charge in [0, 0.05) is 12.8 Å². The van der Waals surface area contributed by atoms with E-state index < -0.39 is 29.3 Å². The van der Waals surface area contributed by atoms with Gasteiger partial charge in [-0.15, -0.1) is 0 Å². The molecule has 24 heavy (non-hydrogen) atoms. The highest BCUT2D eigenvalue weighted by Gasteiger charge is 2.28. The zero-order valence-electron chi connectivity index (χ0n) is 16.2. The molecule has 0 bridgehead atoms. The molecule has 0 aromatic heterocycles. The van der Waals surface area contributed by atoms with Crippen molar-refractivity contribution < 1.29 is 23.9 Å². The first-order valence-electron chi connectivity index (χ1n) is 8.58. The Morgan fingerprint density at radius 3 is 1.92 bits per heavy atom. The van der Waals surface area contributed by atoms with Gasteiger partial charge in [0.15, 0.2) is 0 Å². The van der Waals surface area contributed by atoms with Crippen molar-refractivity contribution in [1.29, 1.82) is 0 Å². The van der Waals surface area contributed by atoms with Gasteiger partial charge in [-0.1, -0.05) is 13.3 Å². The van der Waals surface area contributed by atoms with Crippen molar-refractivity contribution in [2.75, 3.05) is 0 Å². The average molecular weight is 343 g/mol. The van der Waals surface area contributed by atoms with Crippen molar-refractivity contribution in [3.63, 3.8) is 0 Å². The number of nitrogens with one attached hydrogen (secondary N) is 1. The lowest BCUT2D eigenvalue weighted by Gasteiger charge is -2.26. The number of amides is 1. The first kappa shape index (κ1) is 22.4. The Kier molecular flexibility index (Phi) is 9.01. The van der Waals surface area contributed by atoms with E-state index in [1.807, 2.05) is 6.92 Å². The maximum atomic E-state index is 12.3. The summed E-state index contributed by atoms with van der Waals surface area (Å²) in [5, 5.41) is 2.52. The molecule has 0 saturated heterocycles. The standard InChI is InChI=1S/C18H33NO5/c1-8-9-10-13(20)11-12-14(15(21)23-17(2,3)4)19-16(22)24-18(5,6)7/h14H,8-12H2,1-7H3,(H,19,22)/t14-/m0/s1. The highest BCUT2D eigenvalue weighted by atomic mass is 16.6. The number of esters is 1. The molecule has 0 aromatic rings. The minimum atomic E-state index is -0.898. The summed E-state index contributed by atoms with van der Waals surface area (Å²) in [6.45, 7) is 12.5. The molecule has 0 rings (SSSR count). The lowest BCUT2D eigenvalue weighted by atomic mass is 10.0. The highest BCUT2D eigenvalue weighted by Crippen LogP contribution is 2.13. The van der Waals surface area contributed by atoms with E-state index in [1.165, 1.54) is 0 Å². The van der Waals surface area contributed by atoms with E-state index in [0.29, 0.717) is 6.42 Å². The average Bonchev–Trinajstić information content (AvgIpc) is 2.36. The second-order valence-electron chi connectivity index (χ2n) is 7.91. The first-order chi connectivity index (χ1) is 10.8. The summed E-state index contributed by atoms with van der Waals surface area (Å²) in [7, 11) is 0. The molecule has 6 heteroatoms. The van der Waals surface area contributed by atoms with Crippen LogP contribution in [0.15, 0.2) is 0 Å². The van der Waals surface area contributed by atoms with Crippen molar-refractivity contribution in [3.05, 3.63) is 0 Å². The van der Waals surface area contributed by atoms with Crippen LogP contribution in [0, 0.1) is 0 Å². The fraction of sp³-hybridized carbons (Fsp3) is 0.833. The Morgan fingerprint density at radius 2 is 1.46 bits per heavy atom. The first-order valence-corrected chi connectivity index (χ1v) is 8.58. The summed E-state index contributed by atoms with van der Waals surface area (Å²) in [4.78, 5) is 36.0. The number of rotatable bonds is 8. The van der Waals surface area contributed by atoms with Crippen molar-refractivity contribution >= 4 is 17.8 Å². The van der Waals surface area contributed by atoms with Crippen molar-refractivity contribution in [2.45, 2.75) is 97.8 Å². The van der Waals surface area contributed by atoms with Crippen LogP contribution in [0.5, 0.6) is 0 Å². The largest absolute Gasteiger partial charge is 0.458 e. The number of hydrogen-bond acceptors (Lipinski definition) is 5. The molecule has 0 aliphatic heterocycles. The predicted octanol–water partition coefficient (Wildman–Crippen LogP) is 3.76. The number of Topliss-reactive ketones (excluding diaryl/α,β-unsaturated/α-hetero) is 1. The molecular formula is C18H33NO5. The number of hydrogen-bond donors (Lipinski definition) is 1. The molecular weight excluding hydrogens is 310 g/mol. The number of carbonyl (C=O) groups is 3. The predicted molar refractivity (Wildman–Crippen MR) is 92.8 cm³/mol. The van der Waals surface area contributed by atoms with Gasteiger partial charge in [-0.2, -0.15) is 0 Å². The molecule has 0 aliphatic carbocycles. The second kappa shape index (κ2) is 9.64. The molecule has 6 nitrogen and oxygen atoms in total. The third-order valence-corrected chi connectivity index (χ3v) is 2.90. The van der Waals surface area contributed by atoms with E-state index >= 15 is 0 Å². The molecule has 0 heterocycles. The lowest BCUT2D eigenvalue weighted by molar-refractivity contribution is -0.157. The van der Waals surface area contributed by atoms with Gasteiger partial charge in [-0.25, -0.2) is 9.59 Å². The summed E-state index contributed by atoms with van der Waals surface area (Å²) < 4.78 is 10.5. The van der Waals surface area contributed by atoms with E-state index in [4.69, 9.17) is 9.47 Å². The minimum absolute atomic E-state index is 0.0800. The zero-order chi connectivity index (χ0) is 19.0. The van der Waals surface area contributed by atoms with E-state index in [9.17, 15) is 14.4 Å². The molecule has 0 aromatic carbocycles. The van der Waals surface area contributed by atoms with Gasteiger partial charge in [0.25, 0.3) is 0 Å². The van der Waals surface area contributed by atoms with E-state index in [2.05, 4.69) is 5.32 Å². The summed E-state index contributed by atoms with van der Waals surface area (Å²) >= 11 is 0. The van der Waals surface area contributed by atoms with E-state index in [-0.39, 0.29) is 18.6 Å². The van der Waals surface area contributed by atoms with Gasteiger partial charge in [0.2, 0.25) is 0 Å². The fourth-order valence-corrected chi connectivity index (χ4v) is 1.88. The summed E-state index contributed by atoms with van der Waals surface area (Å²) in [6.07, 6.45) is 1.99. The van der Waals surface area contributed by atoms with Gasteiger partial charge in [-0.05, 0) is 54.4 Å². The number of carbonyl (C=O) groups excluding carboxylic acids is 3. The van der Waals surface area contributed by atoms with Crippen LogP contribution in [0.2, 0.25) is 0 Å². The van der Waals surface area contributed by atoms with Gasteiger partial charge in [-0.3, -0.25) is 4.79 Å². The van der Waals surface area contributed by atoms with Crippen LogP contribution < -0.4 is 5.32 Å². The Bertz CT molecular complexity index is 432. The molecule has 0 aliphatic rings. The molecule has 0 spiro atoms. The van der Waals surface area contributed by atoms with Gasteiger partial charge >= 0.3 is 12.1 Å². The normalized spacial score (nSPS) is 13.1. The maximum absolute atomic E-state index is 12.3. The van der Waals surface area contributed by atoms with Crippen molar-refractivity contribution in [1.82, 2.24) is 5.32 Å². The molecule has 0 saturated carbocycles. The smallest absolute Gasteiger partial charge is 0.408 e. The molecule has 1 atom stereocenters. The molecule has 1 N–H and O–H groups in total. The molecule has 0 fully saturated rings. The van der Waals surface area contributed by atoms with Crippen molar-refractivity contribution in [2.24, 2.45) is 0 Å². The summed E-state index contributed by atoms with van der Waals surface area (Å²) in [5.74, 6) is -0.479. The molecule has 0 radical (unpaired) electrons. The molecule has 140 valence electrons. The number of ketones is 1. The molecule has 0 unspecified atom stereocenters. The van der Waals surface area contributed by atoms with Crippen LogP contribution in [-0.4, -0.2) is 35.1 Å². The number of alkyl carbamates (subject to hydrolysis) is 1. The third kappa shape index (κ3) is 11.9. The number of unbranched alkanes of at least 4 members (excludes halogenated alkanes) is 1. The fourth-order valence-electron chi connectivity index (χ4n) is 1.88. The highest BCUT2D eigenvalue weighted by molar-refractivity contribution is 5.83. The monoisotopic (exact) mass is 343 g/mol. The Hall–Kier alpha value is -1.59. The van der Waals surface area contributed by atoms with Gasteiger partial charge < -0.3 is 14.8 Å². The van der Waals surface area contributed by atoms with Crippen LogP contribution in [-0.2, 0) is 19.1 Å². The summed E-state index contributed by atoms with van der Waals surface area (Å²) in [5.41, 5.74) is -1.34. The Labute approximate surface area is 145 Å². The van der Waals surface area contributed by atoms with Crippen LogP contribution >= 0.6 is 0 Å². The van der Waals surface area contributed by atoms with Crippen LogP contribution in [0.3, 0.4) is 0 Å². The van der Waals surface area contributed by atoms with E-state index in [1.54, 1.807) is 41.5 Å². The van der Waals surface area contributed by atoms with Crippen molar-refractivity contribution in [3.8, 4) is 0 Å². The van der Waals surface area contributed by atoms with Crippen LogP contribution in [0.4, 0.5) is 4.79 Å². The quantitative estimate of drug-likeness (QED) is 0.679. The Balaban J connectivity index is 4.80. The van der Waals surface area contributed by atoms with Crippen LogP contribution in [0.1, 0.15) is 80.6 Å². The van der Waals surface area contributed by atoms with Gasteiger partial charge in [0.05, 0.1) is 0 Å².